The number of hydrogen-bond acceptors (Lipinski definition) is 5. The maximum Gasteiger partial charge on any atom is 0.310 e. The molecule has 1 atom stereocenters. The van der Waals surface area contributed by atoms with Crippen LogP contribution in [0.25, 0.3) is 0 Å². The summed E-state index contributed by atoms with van der Waals surface area (Å²) in [5, 5.41) is 20.1. The number of benzene rings is 1. The standard InChI is InChI=1S/C14H20N2O5/c1-4-15(5-2)14(18)10(3)21-13-8-11(9-17)6-7-12(13)16(19)20/h6-8,10,17H,4-5,9H2,1-3H3. The fourth-order valence-corrected chi connectivity index (χ4v) is 1.94. The number of nitro groups is 1. The van der Waals surface area contributed by atoms with Gasteiger partial charge in [0.2, 0.25) is 0 Å². The van der Waals surface area contributed by atoms with Crippen molar-refractivity contribution in [2.24, 2.45) is 0 Å². The Morgan fingerprint density at radius 2 is 2.05 bits per heavy atom. The van der Waals surface area contributed by atoms with Crippen molar-refractivity contribution in [3.8, 4) is 5.75 Å². The Morgan fingerprint density at radius 3 is 2.52 bits per heavy atom. The smallest absolute Gasteiger partial charge is 0.310 e. The van der Waals surface area contributed by atoms with Gasteiger partial charge in [-0.25, -0.2) is 0 Å². The molecule has 0 aromatic heterocycles. The molecule has 0 fully saturated rings. The molecular weight excluding hydrogens is 276 g/mol. The molecule has 116 valence electrons. The molecule has 0 aliphatic carbocycles. The van der Waals surface area contributed by atoms with Gasteiger partial charge < -0.3 is 14.7 Å². The Kier molecular flexibility index (Phi) is 6.10. The fourth-order valence-electron chi connectivity index (χ4n) is 1.94. The van der Waals surface area contributed by atoms with E-state index in [0.29, 0.717) is 18.7 Å². The van der Waals surface area contributed by atoms with Gasteiger partial charge in [0.05, 0.1) is 11.5 Å². The Morgan fingerprint density at radius 1 is 1.43 bits per heavy atom. The van der Waals surface area contributed by atoms with E-state index in [9.17, 15) is 14.9 Å². The van der Waals surface area contributed by atoms with E-state index >= 15 is 0 Å². The van der Waals surface area contributed by atoms with Crippen molar-refractivity contribution in [2.45, 2.75) is 33.5 Å². The number of carbonyl (C=O) groups excluding carboxylic acids is 1. The molecule has 0 bridgehead atoms. The molecule has 1 aromatic carbocycles. The normalized spacial score (nSPS) is 11.8. The lowest BCUT2D eigenvalue weighted by atomic mass is 10.2. The Bertz CT molecular complexity index is 514. The van der Waals surface area contributed by atoms with E-state index in [1.807, 2.05) is 13.8 Å². The molecule has 0 heterocycles. The van der Waals surface area contributed by atoms with Gasteiger partial charge in [-0.2, -0.15) is 0 Å². The molecule has 0 saturated carbocycles. The van der Waals surface area contributed by atoms with Crippen molar-refractivity contribution in [1.82, 2.24) is 4.90 Å². The van der Waals surface area contributed by atoms with Crippen molar-refractivity contribution in [3.05, 3.63) is 33.9 Å². The minimum atomic E-state index is -0.836. The van der Waals surface area contributed by atoms with E-state index in [1.165, 1.54) is 18.2 Å². The summed E-state index contributed by atoms with van der Waals surface area (Å²) in [6.07, 6.45) is -0.836. The summed E-state index contributed by atoms with van der Waals surface area (Å²) in [5.74, 6) is -0.247. The van der Waals surface area contributed by atoms with Crippen LogP contribution < -0.4 is 4.74 Å². The summed E-state index contributed by atoms with van der Waals surface area (Å²) in [6.45, 7) is 6.08. The summed E-state index contributed by atoms with van der Waals surface area (Å²) in [5.41, 5.74) is 0.254. The number of aliphatic hydroxyl groups excluding tert-OH is 1. The summed E-state index contributed by atoms with van der Waals surface area (Å²) in [4.78, 5) is 24.1. The molecule has 0 aliphatic rings. The minimum Gasteiger partial charge on any atom is -0.474 e. The number of rotatable bonds is 7. The van der Waals surface area contributed by atoms with Gasteiger partial charge in [0.25, 0.3) is 5.91 Å². The van der Waals surface area contributed by atoms with Crippen molar-refractivity contribution in [3.63, 3.8) is 0 Å². The molecule has 0 spiro atoms. The van der Waals surface area contributed by atoms with Crippen LogP contribution in [0.4, 0.5) is 5.69 Å². The van der Waals surface area contributed by atoms with Crippen LogP contribution in [0.3, 0.4) is 0 Å². The lowest BCUT2D eigenvalue weighted by Gasteiger charge is -2.23. The zero-order valence-corrected chi connectivity index (χ0v) is 12.4. The van der Waals surface area contributed by atoms with Crippen LogP contribution in [-0.2, 0) is 11.4 Å². The molecule has 1 amide bonds. The highest BCUT2D eigenvalue weighted by Crippen LogP contribution is 2.29. The van der Waals surface area contributed by atoms with Crippen LogP contribution in [-0.4, -0.2) is 40.0 Å². The van der Waals surface area contributed by atoms with Crippen molar-refractivity contribution >= 4 is 11.6 Å². The van der Waals surface area contributed by atoms with Crippen LogP contribution in [0.1, 0.15) is 26.3 Å². The van der Waals surface area contributed by atoms with Crippen molar-refractivity contribution in [1.29, 1.82) is 0 Å². The van der Waals surface area contributed by atoms with Gasteiger partial charge in [0.1, 0.15) is 0 Å². The number of likely N-dealkylation sites (N-methyl/N-ethyl adjacent to an activating group) is 1. The lowest BCUT2D eigenvalue weighted by Crippen LogP contribution is -2.40. The lowest BCUT2D eigenvalue weighted by molar-refractivity contribution is -0.386. The van der Waals surface area contributed by atoms with Crippen LogP contribution in [0, 0.1) is 10.1 Å². The van der Waals surface area contributed by atoms with Crippen LogP contribution in [0.15, 0.2) is 18.2 Å². The first-order valence-electron chi connectivity index (χ1n) is 6.78. The van der Waals surface area contributed by atoms with Gasteiger partial charge in [-0.05, 0) is 38.5 Å². The Hall–Kier alpha value is -2.15. The third kappa shape index (κ3) is 4.16. The topological polar surface area (TPSA) is 92.9 Å². The van der Waals surface area contributed by atoms with Gasteiger partial charge >= 0.3 is 5.69 Å². The van der Waals surface area contributed by atoms with Crippen molar-refractivity contribution in [2.75, 3.05) is 13.1 Å². The molecule has 1 N–H and O–H groups in total. The second kappa shape index (κ2) is 7.58. The maximum atomic E-state index is 12.1. The molecule has 0 radical (unpaired) electrons. The van der Waals surface area contributed by atoms with Crippen LogP contribution in [0.2, 0.25) is 0 Å². The summed E-state index contributed by atoms with van der Waals surface area (Å²) in [7, 11) is 0. The Labute approximate surface area is 123 Å². The highest BCUT2D eigenvalue weighted by Gasteiger charge is 2.24. The van der Waals surface area contributed by atoms with Crippen LogP contribution >= 0.6 is 0 Å². The average Bonchev–Trinajstić information content (AvgIpc) is 2.47. The highest BCUT2D eigenvalue weighted by atomic mass is 16.6. The quantitative estimate of drug-likeness (QED) is 0.611. The Balaban J connectivity index is 3.00. The summed E-state index contributed by atoms with van der Waals surface area (Å²) >= 11 is 0. The van der Waals surface area contributed by atoms with Crippen molar-refractivity contribution < 1.29 is 19.6 Å². The molecule has 0 saturated heterocycles. The number of ether oxygens (including phenoxy) is 1. The average molecular weight is 296 g/mol. The number of hydrogen-bond donors (Lipinski definition) is 1. The number of nitrogens with zero attached hydrogens (tertiary/aromatic N) is 2. The molecule has 7 heteroatoms. The van der Waals surface area contributed by atoms with Gasteiger partial charge in [-0.3, -0.25) is 14.9 Å². The van der Waals surface area contributed by atoms with E-state index < -0.39 is 11.0 Å². The van der Waals surface area contributed by atoms with Crippen LogP contribution in [0.5, 0.6) is 5.75 Å². The zero-order valence-electron chi connectivity index (χ0n) is 12.4. The molecule has 1 unspecified atom stereocenters. The van der Waals surface area contributed by atoms with Gasteiger partial charge in [0.15, 0.2) is 11.9 Å². The van der Waals surface area contributed by atoms with E-state index in [4.69, 9.17) is 9.84 Å². The first kappa shape index (κ1) is 16.9. The number of aliphatic hydroxyl groups is 1. The van der Waals surface area contributed by atoms with E-state index in [2.05, 4.69) is 0 Å². The number of carbonyl (C=O) groups is 1. The second-order valence-corrected chi connectivity index (χ2v) is 4.49. The molecule has 0 aliphatic heterocycles. The first-order chi connectivity index (χ1) is 9.94. The van der Waals surface area contributed by atoms with E-state index in [-0.39, 0.29) is 24.0 Å². The molecular formula is C14H20N2O5. The maximum absolute atomic E-state index is 12.1. The van der Waals surface area contributed by atoms with Gasteiger partial charge in [-0.15, -0.1) is 0 Å². The number of amides is 1. The zero-order chi connectivity index (χ0) is 16.0. The van der Waals surface area contributed by atoms with E-state index in [0.717, 1.165) is 0 Å². The SMILES string of the molecule is CCN(CC)C(=O)C(C)Oc1cc(CO)ccc1[N+](=O)[O-]. The fraction of sp³-hybridized carbons (Fsp3) is 0.500. The minimum absolute atomic E-state index is 0.0143. The summed E-state index contributed by atoms with van der Waals surface area (Å²) in [6, 6.07) is 4.08. The number of nitro benzene ring substituents is 1. The monoisotopic (exact) mass is 296 g/mol. The second-order valence-electron chi connectivity index (χ2n) is 4.49. The summed E-state index contributed by atoms with van der Waals surface area (Å²) < 4.78 is 5.45. The van der Waals surface area contributed by atoms with Gasteiger partial charge in [0, 0.05) is 19.2 Å². The predicted octanol–water partition coefficient (Wildman–Crippen LogP) is 1.72. The third-order valence-electron chi connectivity index (χ3n) is 3.13. The first-order valence-corrected chi connectivity index (χ1v) is 6.78. The molecule has 7 nitrogen and oxygen atoms in total. The van der Waals surface area contributed by atoms with Gasteiger partial charge in [-0.1, -0.05) is 0 Å². The third-order valence-corrected chi connectivity index (χ3v) is 3.13. The van der Waals surface area contributed by atoms with E-state index in [1.54, 1.807) is 11.8 Å². The molecule has 21 heavy (non-hydrogen) atoms. The molecule has 1 aromatic rings. The largest absolute Gasteiger partial charge is 0.474 e. The highest BCUT2D eigenvalue weighted by molar-refractivity contribution is 5.81. The predicted molar refractivity (Wildman–Crippen MR) is 77.0 cm³/mol. The molecule has 1 rings (SSSR count).